The third-order valence-corrected chi connectivity index (χ3v) is 5.32. The Hall–Kier alpha value is -1.51. The molecule has 1 fully saturated rings. The van der Waals surface area contributed by atoms with Crippen molar-refractivity contribution in [2.75, 3.05) is 24.5 Å². The molecular formula is C22H29ClN2. The minimum absolute atomic E-state index is 0. The maximum absolute atomic E-state index is 2.66. The number of hydrogen-bond acceptors (Lipinski definition) is 2. The highest BCUT2D eigenvalue weighted by Crippen LogP contribution is 2.33. The van der Waals surface area contributed by atoms with Crippen LogP contribution >= 0.6 is 12.4 Å². The maximum atomic E-state index is 2.66. The minimum atomic E-state index is 0. The van der Waals surface area contributed by atoms with E-state index in [2.05, 4.69) is 65.3 Å². The number of nitrogens with zero attached hydrogens (tertiary/aromatic N) is 2. The Morgan fingerprint density at radius 1 is 1.00 bits per heavy atom. The van der Waals surface area contributed by atoms with Crippen LogP contribution in [0.2, 0.25) is 0 Å². The van der Waals surface area contributed by atoms with Crippen molar-refractivity contribution in [3.8, 4) is 0 Å². The molecule has 3 heteroatoms. The molecule has 0 saturated heterocycles. The third-order valence-electron chi connectivity index (χ3n) is 5.32. The van der Waals surface area contributed by atoms with Crippen molar-refractivity contribution >= 4 is 23.8 Å². The zero-order valence-corrected chi connectivity index (χ0v) is 16.0. The van der Waals surface area contributed by atoms with Crippen LogP contribution in [-0.4, -0.2) is 24.5 Å². The highest BCUT2D eigenvalue weighted by atomic mass is 35.5. The summed E-state index contributed by atoms with van der Waals surface area (Å²) in [5.41, 5.74) is 5.73. The number of para-hydroxylation sites is 1. The summed E-state index contributed by atoms with van der Waals surface area (Å²) in [7, 11) is 0. The van der Waals surface area contributed by atoms with Crippen LogP contribution in [0.5, 0.6) is 0 Å². The van der Waals surface area contributed by atoms with Crippen molar-refractivity contribution in [1.29, 1.82) is 0 Å². The highest BCUT2D eigenvalue weighted by molar-refractivity contribution is 5.85. The Morgan fingerprint density at radius 3 is 2.52 bits per heavy atom. The number of benzene rings is 2. The number of rotatable bonds is 6. The normalized spacial score (nSPS) is 16.8. The van der Waals surface area contributed by atoms with Gasteiger partial charge >= 0.3 is 0 Å². The van der Waals surface area contributed by atoms with E-state index < -0.39 is 0 Å². The van der Waals surface area contributed by atoms with E-state index in [-0.39, 0.29) is 12.4 Å². The Morgan fingerprint density at radius 2 is 1.80 bits per heavy atom. The third kappa shape index (κ3) is 4.37. The molecular weight excluding hydrogens is 328 g/mol. The Balaban J connectivity index is 0.00000182. The Bertz CT molecular complexity index is 682. The van der Waals surface area contributed by atoms with Gasteiger partial charge < -0.3 is 4.90 Å². The predicted octanol–water partition coefficient (Wildman–Crippen LogP) is 5.42. The summed E-state index contributed by atoms with van der Waals surface area (Å²) in [6.45, 7) is 7.00. The topological polar surface area (TPSA) is 6.48 Å². The summed E-state index contributed by atoms with van der Waals surface area (Å²) in [5, 5.41) is 0. The summed E-state index contributed by atoms with van der Waals surface area (Å²) >= 11 is 0. The zero-order valence-electron chi connectivity index (χ0n) is 15.2. The van der Waals surface area contributed by atoms with E-state index in [1.165, 1.54) is 49.3 Å². The molecule has 1 aliphatic heterocycles. The van der Waals surface area contributed by atoms with E-state index in [0.717, 1.165) is 25.4 Å². The molecule has 1 aliphatic carbocycles. The van der Waals surface area contributed by atoms with Gasteiger partial charge in [-0.25, -0.2) is 0 Å². The molecule has 2 nitrogen and oxygen atoms in total. The van der Waals surface area contributed by atoms with Crippen molar-refractivity contribution < 1.29 is 0 Å². The second-order valence-corrected chi connectivity index (χ2v) is 7.37. The van der Waals surface area contributed by atoms with Crippen molar-refractivity contribution in [3.63, 3.8) is 0 Å². The van der Waals surface area contributed by atoms with Gasteiger partial charge in [0.05, 0.1) is 0 Å². The van der Waals surface area contributed by atoms with Crippen LogP contribution in [0.25, 0.3) is 0 Å². The van der Waals surface area contributed by atoms with E-state index in [1.54, 1.807) is 5.56 Å². The molecule has 0 bridgehead atoms. The molecule has 0 radical (unpaired) electrons. The summed E-state index contributed by atoms with van der Waals surface area (Å²) < 4.78 is 0. The molecule has 1 heterocycles. The van der Waals surface area contributed by atoms with Crippen LogP contribution in [0.4, 0.5) is 11.4 Å². The molecule has 0 amide bonds. The predicted molar refractivity (Wildman–Crippen MR) is 109 cm³/mol. The molecule has 0 aromatic heterocycles. The molecule has 0 atom stereocenters. The molecule has 2 aliphatic rings. The van der Waals surface area contributed by atoms with Gasteiger partial charge in [0, 0.05) is 37.6 Å². The molecule has 0 unspecified atom stereocenters. The number of halogens is 1. The Kier molecular flexibility index (Phi) is 6.03. The second kappa shape index (κ2) is 8.25. The van der Waals surface area contributed by atoms with Gasteiger partial charge in [-0.05, 0) is 67.0 Å². The lowest BCUT2D eigenvalue weighted by Crippen LogP contribution is -2.32. The molecule has 4 rings (SSSR count). The first-order valence-electron chi connectivity index (χ1n) is 9.50. The lowest BCUT2D eigenvalue weighted by molar-refractivity contribution is 0.244. The minimum Gasteiger partial charge on any atom is -0.341 e. The molecule has 25 heavy (non-hydrogen) atoms. The van der Waals surface area contributed by atoms with Crippen LogP contribution in [0.1, 0.15) is 37.3 Å². The van der Waals surface area contributed by atoms with Gasteiger partial charge in [-0.15, -0.1) is 12.4 Å². The van der Waals surface area contributed by atoms with Crippen LogP contribution in [-0.2, 0) is 13.0 Å². The van der Waals surface area contributed by atoms with E-state index in [0.29, 0.717) is 0 Å². The van der Waals surface area contributed by atoms with Crippen LogP contribution < -0.4 is 4.90 Å². The number of hydrogen-bond donors (Lipinski definition) is 0. The molecule has 0 N–H and O–H groups in total. The fourth-order valence-electron chi connectivity index (χ4n) is 3.83. The average Bonchev–Trinajstić information content (AvgIpc) is 3.44. The number of anilines is 2. The van der Waals surface area contributed by atoms with Gasteiger partial charge in [-0.3, -0.25) is 4.90 Å². The first-order chi connectivity index (χ1) is 11.8. The Labute approximate surface area is 158 Å². The standard InChI is InChI=1S/C22H28N2.ClH/c1-2-13-24(21-6-4-3-5-7-21)22-11-10-19-12-14-23(16-18-8-9-18)17-20(19)15-22;/h3-7,10-11,15,18H,2,8-9,12-14,16-17H2,1H3;1H. The van der Waals surface area contributed by atoms with Gasteiger partial charge in [-0.2, -0.15) is 0 Å². The zero-order chi connectivity index (χ0) is 16.4. The van der Waals surface area contributed by atoms with Crippen LogP contribution in [0, 0.1) is 5.92 Å². The lowest BCUT2D eigenvalue weighted by Gasteiger charge is -2.31. The van der Waals surface area contributed by atoms with E-state index in [4.69, 9.17) is 0 Å². The summed E-state index contributed by atoms with van der Waals surface area (Å²) in [4.78, 5) is 5.12. The van der Waals surface area contributed by atoms with Crippen molar-refractivity contribution in [2.45, 2.75) is 39.2 Å². The van der Waals surface area contributed by atoms with Crippen LogP contribution in [0.3, 0.4) is 0 Å². The summed E-state index contributed by atoms with van der Waals surface area (Å²) in [5.74, 6) is 0.982. The summed E-state index contributed by atoms with van der Waals surface area (Å²) in [6, 6.07) is 17.9. The van der Waals surface area contributed by atoms with Gasteiger partial charge in [0.1, 0.15) is 0 Å². The van der Waals surface area contributed by atoms with Crippen molar-refractivity contribution in [2.24, 2.45) is 5.92 Å². The quantitative estimate of drug-likeness (QED) is 0.681. The fourth-order valence-corrected chi connectivity index (χ4v) is 3.83. The highest BCUT2D eigenvalue weighted by Gasteiger charge is 2.26. The maximum Gasteiger partial charge on any atom is 0.0414 e. The van der Waals surface area contributed by atoms with Crippen LogP contribution in [0.15, 0.2) is 48.5 Å². The first-order valence-corrected chi connectivity index (χ1v) is 9.50. The SMILES string of the molecule is CCCN(c1ccccc1)c1ccc2c(c1)CN(CC1CC1)CC2.Cl. The fraction of sp³-hybridized carbons (Fsp3) is 0.455. The molecule has 1 saturated carbocycles. The van der Waals surface area contributed by atoms with Crippen molar-refractivity contribution in [1.82, 2.24) is 4.90 Å². The molecule has 2 aromatic carbocycles. The number of fused-ring (bicyclic) bond motifs is 1. The molecule has 134 valence electrons. The van der Waals surface area contributed by atoms with E-state index >= 15 is 0 Å². The molecule has 0 spiro atoms. The van der Waals surface area contributed by atoms with Gasteiger partial charge in [0.15, 0.2) is 0 Å². The second-order valence-electron chi connectivity index (χ2n) is 7.37. The summed E-state index contributed by atoms with van der Waals surface area (Å²) in [6.07, 6.45) is 5.25. The smallest absolute Gasteiger partial charge is 0.0414 e. The van der Waals surface area contributed by atoms with Gasteiger partial charge in [0.25, 0.3) is 0 Å². The molecule has 2 aromatic rings. The average molecular weight is 357 g/mol. The van der Waals surface area contributed by atoms with E-state index in [9.17, 15) is 0 Å². The van der Waals surface area contributed by atoms with Gasteiger partial charge in [0.2, 0.25) is 0 Å². The van der Waals surface area contributed by atoms with Crippen molar-refractivity contribution in [3.05, 3.63) is 59.7 Å². The van der Waals surface area contributed by atoms with Gasteiger partial charge in [-0.1, -0.05) is 31.2 Å². The first kappa shape index (κ1) is 18.3. The monoisotopic (exact) mass is 356 g/mol. The van der Waals surface area contributed by atoms with E-state index in [1.807, 2.05) is 0 Å². The lowest BCUT2D eigenvalue weighted by atomic mass is 9.98. The largest absolute Gasteiger partial charge is 0.341 e.